The number of benzene rings is 2. The second kappa shape index (κ2) is 12.4. The van der Waals surface area contributed by atoms with Crippen LogP contribution in [-0.2, 0) is 19.1 Å². The van der Waals surface area contributed by atoms with Crippen molar-refractivity contribution in [1.82, 2.24) is 10.6 Å². The van der Waals surface area contributed by atoms with E-state index >= 15 is 0 Å². The molecule has 0 heterocycles. The number of hydrogen-bond donors (Lipinski definition) is 4. The highest BCUT2D eigenvalue weighted by molar-refractivity contribution is 5.95. The Kier molecular flexibility index (Phi) is 9.56. The normalized spacial score (nSPS) is 14.3. The van der Waals surface area contributed by atoms with Crippen LogP contribution in [0.4, 0.5) is 0 Å². The zero-order valence-electron chi connectivity index (χ0n) is 18.4. The summed E-state index contributed by atoms with van der Waals surface area (Å²) < 4.78 is 4.88. The van der Waals surface area contributed by atoms with Gasteiger partial charge in [-0.15, -0.1) is 0 Å². The van der Waals surface area contributed by atoms with Gasteiger partial charge in [-0.3, -0.25) is 14.4 Å². The van der Waals surface area contributed by atoms with Gasteiger partial charge in [-0.1, -0.05) is 55.5 Å². The van der Waals surface area contributed by atoms with Crippen molar-refractivity contribution in [2.45, 2.75) is 38.5 Å². The molecule has 4 N–H and O–H groups in total. The number of esters is 1. The molecular weight excluding hydrogens is 428 g/mol. The van der Waals surface area contributed by atoms with Gasteiger partial charge in [-0.05, 0) is 31.0 Å². The molecule has 9 nitrogen and oxygen atoms in total. The lowest BCUT2D eigenvalue weighted by molar-refractivity contribution is -0.150. The minimum absolute atomic E-state index is 0.145. The molecule has 33 heavy (non-hydrogen) atoms. The molecule has 0 aromatic heterocycles. The first-order valence-electron chi connectivity index (χ1n) is 10.5. The molecule has 0 aliphatic heterocycles. The Balaban J connectivity index is 2.19. The number of carboxylic acid groups (broad SMARTS) is 1. The minimum Gasteiger partial charge on any atom is -0.480 e. The second-order valence-corrected chi connectivity index (χ2v) is 7.46. The molecule has 0 radical (unpaired) electrons. The molecule has 4 atom stereocenters. The highest BCUT2D eigenvalue weighted by Crippen LogP contribution is 2.19. The van der Waals surface area contributed by atoms with Crippen LogP contribution in [0.15, 0.2) is 60.7 Å². The Hall–Kier alpha value is -3.72. The van der Waals surface area contributed by atoms with Gasteiger partial charge in [0.1, 0.15) is 6.04 Å². The summed E-state index contributed by atoms with van der Waals surface area (Å²) in [6, 6.07) is 14.1. The van der Waals surface area contributed by atoms with Crippen molar-refractivity contribution < 1.29 is 34.1 Å². The molecule has 2 aromatic rings. The predicted octanol–water partition coefficient (Wildman–Crippen LogP) is 1.68. The number of carboxylic acids is 1. The van der Waals surface area contributed by atoms with E-state index in [2.05, 4.69) is 10.6 Å². The van der Waals surface area contributed by atoms with Gasteiger partial charge in [0.05, 0.1) is 18.6 Å². The van der Waals surface area contributed by atoms with Gasteiger partial charge in [-0.2, -0.15) is 0 Å². The summed E-state index contributed by atoms with van der Waals surface area (Å²) in [7, 11) is 0. The highest BCUT2D eigenvalue weighted by Gasteiger charge is 2.33. The zero-order chi connectivity index (χ0) is 24.4. The van der Waals surface area contributed by atoms with Crippen LogP contribution in [0.3, 0.4) is 0 Å². The maximum Gasteiger partial charge on any atom is 0.326 e. The summed E-state index contributed by atoms with van der Waals surface area (Å²) >= 11 is 0. The first-order chi connectivity index (χ1) is 15.7. The van der Waals surface area contributed by atoms with E-state index in [0.717, 1.165) is 0 Å². The SMILES string of the molecule is CCOC(=O)[C@@H](C)C[C@H](NC(=O)[C@H](O)[C@@H](NC(=O)c1ccccc1)c1ccccc1)C(=O)O. The number of ether oxygens (including phenoxy) is 1. The average molecular weight is 456 g/mol. The fraction of sp³-hybridized carbons (Fsp3) is 0.333. The molecule has 0 aliphatic rings. The number of carbonyl (C=O) groups excluding carboxylic acids is 3. The van der Waals surface area contributed by atoms with E-state index < -0.39 is 47.9 Å². The van der Waals surface area contributed by atoms with Crippen LogP contribution in [0.5, 0.6) is 0 Å². The Labute approximate surface area is 191 Å². The van der Waals surface area contributed by atoms with E-state index in [9.17, 15) is 29.4 Å². The van der Waals surface area contributed by atoms with Crippen LogP contribution in [-0.4, -0.2) is 52.7 Å². The molecule has 0 saturated carbocycles. The molecule has 0 aliphatic carbocycles. The third-order valence-electron chi connectivity index (χ3n) is 4.96. The van der Waals surface area contributed by atoms with Crippen LogP contribution in [0.2, 0.25) is 0 Å². The van der Waals surface area contributed by atoms with Crippen molar-refractivity contribution in [3.63, 3.8) is 0 Å². The molecule has 9 heteroatoms. The standard InChI is InChI=1S/C24H28N2O7/c1-3-33-24(32)15(2)14-18(23(30)31)25-22(29)20(27)19(16-10-6-4-7-11-16)26-21(28)17-12-8-5-9-13-17/h4-13,15,18-20,27H,3,14H2,1-2H3,(H,25,29)(H,26,28)(H,30,31)/t15-,18-,19-,20+/m0/s1. The van der Waals surface area contributed by atoms with E-state index in [1.165, 1.54) is 6.92 Å². The van der Waals surface area contributed by atoms with Crippen LogP contribution in [0.1, 0.15) is 42.2 Å². The number of nitrogens with one attached hydrogen (secondary N) is 2. The minimum atomic E-state index is -1.79. The van der Waals surface area contributed by atoms with Gasteiger partial charge in [0.2, 0.25) is 0 Å². The molecule has 2 aromatic carbocycles. The third-order valence-corrected chi connectivity index (χ3v) is 4.96. The van der Waals surface area contributed by atoms with Gasteiger partial charge in [0.25, 0.3) is 11.8 Å². The van der Waals surface area contributed by atoms with E-state index in [1.807, 2.05) is 0 Å². The lowest BCUT2D eigenvalue weighted by atomic mass is 9.98. The van der Waals surface area contributed by atoms with Crippen molar-refractivity contribution in [2.75, 3.05) is 6.61 Å². The van der Waals surface area contributed by atoms with Crippen molar-refractivity contribution in [3.05, 3.63) is 71.8 Å². The summed E-state index contributed by atoms with van der Waals surface area (Å²) in [5.74, 6) is -4.25. The summed E-state index contributed by atoms with van der Waals surface area (Å²) in [5, 5.41) is 25.2. The second-order valence-electron chi connectivity index (χ2n) is 7.46. The van der Waals surface area contributed by atoms with Crippen molar-refractivity contribution in [1.29, 1.82) is 0 Å². The summed E-state index contributed by atoms with van der Waals surface area (Å²) in [6.07, 6.45) is -2.02. The lowest BCUT2D eigenvalue weighted by Gasteiger charge is -2.26. The zero-order valence-corrected chi connectivity index (χ0v) is 18.4. The van der Waals surface area contributed by atoms with Gasteiger partial charge in [0.15, 0.2) is 6.10 Å². The molecule has 0 spiro atoms. The molecule has 0 unspecified atom stereocenters. The van der Waals surface area contributed by atoms with Crippen LogP contribution < -0.4 is 10.6 Å². The molecule has 176 valence electrons. The van der Waals surface area contributed by atoms with Gasteiger partial charge in [0, 0.05) is 5.56 Å². The van der Waals surface area contributed by atoms with Crippen LogP contribution in [0.25, 0.3) is 0 Å². The largest absolute Gasteiger partial charge is 0.480 e. The average Bonchev–Trinajstić information content (AvgIpc) is 2.82. The monoisotopic (exact) mass is 456 g/mol. The molecule has 0 saturated heterocycles. The smallest absolute Gasteiger partial charge is 0.326 e. The van der Waals surface area contributed by atoms with Crippen LogP contribution >= 0.6 is 0 Å². The number of aliphatic carboxylic acids is 1. The summed E-state index contributed by atoms with van der Waals surface area (Å²) in [4.78, 5) is 48.9. The van der Waals surface area contributed by atoms with Crippen molar-refractivity contribution in [3.8, 4) is 0 Å². The Morgan fingerprint density at radius 3 is 2.06 bits per heavy atom. The summed E-state index contributed by atoms with van der Waals surface area (Å²) in [6.45, 7) is 3.26. The fourth-order valence-electron chi connectivity index (χ4n) is 3.18. The number of rotatable bonds is 11. The van der Waals surface area contributed by atoms with E-state index in [4.69, 9.17) is 4.74 Å². The number of hydrogen-bond acceptors (Lipinski definition) is 6. The quantitative estimate of drug-likeness (QED) is 0.377. The van der Waals surface area contributed by atoms with E-state index in [1.54, 1.807) is 67.6 Å². The molecule has 0 fully saturated rings. The van der Waals surface area contributed by atoms with Crippen molar-refractivity contribution >= 4 is 23.8 Å². The Morgan fingerprint density at radius 2 is 1.52 bits per heavy atom. The maximum atomic E-state index is 12.8. The third kappa shape index (κ3) is 7.43. The topological polar surface area (TPSA) is 142 Å². The number of amides is 2. The van der Waals surface area contributed by atoms with E-state index in [0.29, 0.717) is 11.1 Å². The molecular formula is C24H28N2O7. The van der Waals surface area contributed by atoms with Gasteiger partial charge < -0.3 is 25.6 Å². The fourth-order valence-corrected chi connectivity index (χ4v) is 3.18. The Morgan fingerprint density at radius 1 is 0.939 bits per heavy atom. The van der Waals surface area contributed by atoms with Gasteiger partial charge in [-0.25, -0.2) is 4.79 Å². The molecule has 0 bridgehead atoms. The first kappa shape index (κ1) is 25.5. The highest BCUT2D eigenvalue weighted by atomic mass is 16.5. The molecule has 2 amide bonds. The number of carbonyl (C=O) groups is 4. The lowest BCUT2D eigenvalue weighted by Crippen LogP contribution is -2.50. The number of aliphatic hydroxyl groups excluding tert-OH is 1. The Bertz CT molecular complexity index is 950. The van der Waals surface area contributed by atoms with Crippen molar-refractivity contribution in [2.24, 2.45) is 5.92 Å². The predicted molar refractivity (Wildman–Crippen MR) is 119 cm³/mol. The first-order valence-corrected chi connectivity index (χ1v) is 10.5. The van der Waals surface area contributed by atoms with E-state index in [-0.39, 0.29) is 13.0 Å². The van der Waals surface area contributed by atoms with Crippen LogP contribution in [0, 0.1) is 5.92 Å². The van der Waals surface area contributed by atoms with Gasteiger partial charge >= 0.3 is 11.9 Å². The maximum absolute atomic E-state index is 12.8. The summed E-state index contributed by atoms with van der Waals surface area (Å²) in [5.41, 5.74) is 0.786. The molecule has 2 rings (SSSR count). The number of aliphatic hydroxyl groups is 1.